The van der Waals surface area contributed by atoms with Crippen molar-refractivity contribution in [1.82, 2.24) is 0 Å². The van der Waals surface area contributed by atoms with E-state index >= 15 is 0 Å². The van der Waals surface area contributed by atoms with Crippen LogP contribution >= 0.6 is 23.8 Å². The minimum atomic E-state index is -1.02. The summed E-state index contributed by atoms with van der Waals surface area (Å²) in [6.07, 6.45) is 5.58. The van der Waals surface area contributed by atoms with E-state index in [0.29, 0.717) is 38.8 Å². The van der Waals surface area contributed by atoms with Gasteiger partial charge in [-0.3, -0.25) is 4.18 Å². The van der Waals surface area contributed by atoms with Gasteiger partial charge in [-0.15, -0.1) is 11.8 Å². The highest BCUT2D eigenvalue weighted by Crippen LogP contribution is 2.46. The van der Waals surface area contributed by atoms with Gasteiger partial charge in [0.15, 0.2) is 6.29 Å². The van der Waals surface area contributed by atoms with Crippen LogP contribution in [0.4, 0.5) is 0 Å². The first-order chi connectivity index (χ1) is 18.3. The lowest BCUT2D eigenvalue weighted by Crippen LogP contribution is -2.53. The Hall–Kier alpha value is -0.360. The molecule has 0 amide bonds. The maximum Gasteiger partial charge on any atom is 0.271 e. The summed E-state index contributed by atoms with van der Waals surface area (Å²) in [6.45, 7) is 9.67. The third-order valence-electron chi connectivity index (χ3n) is 6.62. The molecule has 0 radical (unpaired) electrons. The molecule has 5 unspecified atom stereocenters. The van der Waals surface area contributed by atoms with Gasteiger partial charge >= 0.3 is 0 Å². The van der Waals surface area contributed by atoms with E-state index in [-0.39, 0.29) is 0 Å². The normalized spacial score (nSPS) is 24.1. The van der Waals surface area contributed by atoms with Crippen molar-refractivity contribution >= 4 is 23.8 Å². The maximum atomic E-state index is 11.9. The largest absolute Gasteiger partial charge is 0.386 e. The average Bonchev–Trinajstić information content (AvgIpc) is 2.99. The molecule has 5 atom stereocenters. The second-order valence-corrected chi connectivity index (χ2v) is 12.3. The Morgan fingerprint density at radius 3 is 2.68 bits per heavy atom. The number of hydrogen-bond acceptors (Lipinski definition) is 9. The molecule has 1 saturated heterocycles. The standard InChI is InChI=1S/C29H50O7S2/c1-6-33-27(31-5)34-22-24(2)14-12-17-28(4,30)29(35-25(3)36-38-21-13-20-37-29)18-10-11-19-32-23-26-15-8-7-9-16-26/h7-9,15-16,24-25,27,30H,6,10-14,17-23H2,1-5H3. The Morgan fingerprint density at radius 1 is 1.16 bits per heavy atom. The predicted octanol–water partition coefficient (Wildman–Crippen LogP) is 6.77. The zero-order valence-electron chi connectivity index (χ0n) is 24.0. The van der Waals surface area contributed by atoms with Crippen LogP contribution < -0.4 is 0 Å². The molecule has 1 aromatic carbocycles. The molecule has 1 aliphatic rings. The van der Waals surface area contributed by atoms with Gasteiger partial charge in [0.1, 0.15) is 10.5 Å². The van der Waals surface area contributed by atoms with Gasteiger partial charge in [-0.25, -0.2) is 0 Å². The molecule has 38 heavy (non-hydrogen) atoms. The molecule has 0 spiro atoms. The van der Waals surface area contributed by atoms with E-state index in [4.69, 9.17) is 27.9 Å². The van der Waals surface area contributed by atoms with E-state index in [1.807, 2.05) is 39.0 Å². The van der Waals surface area contributed by atoms with Crippen LogP contribution in [0.2, 0.25) is 0 Å². The van der Waals surface area contributed by atoms with E-state index in [1.54, 1.807) is 18.9 Å². The molecule has 1 aromatic rings. The quantitative estimate of drug-likeness (QED) is 0.116. The van der Waals surface area contributed by atoms with Crippen LogP contribution in [-0.4, -0.2) is 66.8 Å². The van der Waals surface area contributed by atoms with Gasteiger partial charge in [-0.05, 0) is 88.6 Å². The first-order valence-electron chi connectivity index (χ1n) is 14.0. The smallest absolute Gasteiger partial charge is 0.271 e. The zero-order valence-corrected chi connectivity index (χ0v) is 25.7. The van der Waals surface area contributed by atoms with E-state index < -0.39 is 23.3 Å². The van der Waals surface area contributed by atoms with Crippen LogP contribution in [0.15, 0.2) is 30.3 Å². The van der Waals surface area contributed by atoms with Crippen molar-refractivity contribution in [3.05, 3.63) is 35.9 Å². The summed E-state index contributed by atoms with van der Waals surface area (Å²) in [5.41, 5.74) is 0.164. The van der Waals surface area contributed by atoms with Crippen molar-refractivity contribution in [1.29, 1.82) is 0 Å². The highest BCUT2D eigenvalue weighted by molar-refractivity contribution is 8.00. The number of rotatable bonds is 18. The second kappa shape index (κ2) is 18.9. The molecule has 2 rings (SSSR count). The van der Waals surface area contributed by atoms with Gasteiger partial charge in [-0.1, -0.05) is 43.7 Å². The first-order valence-corrected chi connectivity index (χ1v) is 15.9. The number of unbranched alkanes of at least 4 members (excludes halogenated alkanes) is 1. The maximum absolute atomic E-state index is 11.9. The third-order valence-corrected chi connectivity index (χ3v) is 9.18. The minimum Gasteiger partial charge on any atom is -0.386 e. The van der Waals surface area contributed by atoms with E-state index in [1.165, 1.54) is 17.6 Å². The topological polar surface area (TPSA) is 75.6 Å². The molecule has 0 saturated carbocycles. The summed E-state index contributed by atoms with van der Waals surface area (Å²) < 4.78 is 34.6. The molecule has 1 aliphatic heterocycles. The van der Waals surface area contributed by atoms with Gasteiger partial charge in [0.05, 0.1) is 13.2 Å². The van der Waals surface area contributed by atoms with Crippen LogP contribution in [0.3, 0.4) is 0 Å². The number of hydrogen-bond donors (Lipinski definition) is 1. The first kappa shape index (κ1) is 33.8. The Kier molecular flexibility index (Phi) is 16.8. The SMILES string of the molecule is CCOC(OC)OCC(C)CCCC(C)(O)C1(CCCCOCc2ccccc2)OC(C)OSCCCS1. The summed E-state index contributed by atoms with van der Waals surface area (Å²) in [5.74, 6) is 2.16. The summed E-state index contributed by atoms with van der Waals surface area (Å²) >= 11 is 3.20. The summed E-state index contributed by atoms with van der Waals surface area (Å²) in [7, 11) is 1.58. The summed E-state index contributed by atoms with van der Waals surface area (Å²) in [5, 5.41) is 11.9. The molecular formula is C29H50O7S2. The molecule has 0 bridgehead atoms. The lowest BCUT2D eigenvalue weighted by molar-refractivity contribution is -0.278. The Labute approximate surface area is 239 Å². The van der Waals surface area contributed by atoms with Crippen molar-refractivity contribution < 1.29 is 33.0 Å². The van der Waals surface area contributed by atoms with Gasteiger partial charge in [-0.2, -0.15) is 0 Å². The van der Waals surface area contributed by atoms with Gasteiger partial charge in [0.2, 0.25) is 0 Å². The van der Waals surface area contributed by atoms with Crippen LogP contribution in [0.5, 0.6) is 0 Å². The van der Waals surface area contributed by atoms with Gasteiger partial charge in [0, 0.05) is 26.1 Å². The van der Waals surface area contributed by atoms with Crippen LogP contribution in [0.25, 0.3) is 0 Å². The molecule has 1 heterocycles. The lowest BCUT2D eigenvalue weighted by atomic mass is 9.87. The number of aliphatic hydroxyl groups is 1. The highest BCUT2D eigenvalue weighted by atomic mass is 32.2. The van der Waals surface area contributed by atoms with Crippen LogP contribution in [0.1, 0.15) is 78.2 Å². The van der Waals surface area contributed by atoms with Gasteiger partial charge in [0.25, 0.3) is 6.48 Å². The van der Waals surface area contributed by atoms with E-state index in [9.17, 15) is 5.11 Å². The zero-order chi connectivity index (χ0) is 27.7. The molecule has 7 nitrogen and oxygen atoms in total. The molecule has 1 fully saturated rings. The third kappa shape index (κ3) is 12.4. The molecule has 0 aliphatic carbocycles. The number of benzene rings is 1. The molecular weight excluding hydrogens is 524 g/mol. The van der Waals surface area contributed by atoms with E-state index in [0.717, 1.165) is 50.0 Å². The van der Waals surface area contributed by atoms with Crippen LogP contribution in [0, 0.1) is 5.92 Å². The van der Waals surface area contributed by atoms with Crippen LogP contribution in [-0.2, 0) is 34.5 Å². The van der Waals surface area contributed by atoms with E-state index in [2.05, 4.69) is 19.1 Å². The molecule has 0 aromatic heterocycles. The summed E-state index contributed by atoms with van der Waals surface area (Å²) in [6, 6.07) is 10.2. The van der Waals surface area contributed by atoms with Crippen molar-refractivity contribution in [2.75, 3.05) is 38.4 Å². The highest BCUT2D eigenvalue weighted by Gasteiger charge is 2.49. The van der Waals surface area contributed by atoms with Crippen molar-refractivity contribution in [3.8, 4) is 0 Å². The van der Waals surface area contributed by atoms with Gasteiger partial charge < -0.3 is 28.8 Å². The predicted molar refractivity (Wildman–Crippen MR) is 156 cm³/mol. The fourth-order valence-electron chi connectivity index (χ4n) is 4.46. The second-order valence-electron chi connectivity index (χ2n) is 10.1. The van der Waals surface area contributed by atoms with Crippen molar-refractivity contribution in [2.24, 2.45) is 5.92 Å². The van der Waals surface area contributed by atoms with Crippen molar-refractivity contribution in [3.63, 3.8) is 0 Å². The lowest BCUT2D eigenvalue weighted by Gasteiger charge is -2.46. The number of ether oxygens (including phenoxy) is 5. The number of methoxy groups -OCH3 is 1. The minimum absolute atomic E-state index is 0.314. The Bertz CT molecular complexity index is 724. The number of thioether (sulfide) groups is 1. The monoisotopic (exact) mass is 574 g/mol. The summed E-state index contributed by atoms with van der Waals surface area (Å²) in [4.78, 5) is -0.743. The average molecular weight is 575 g/mol. The Balaban J connectivity index is 1.91. The molecule has 220 valence electrons. The molecule has 1 N–H and O–H groups in total. The van der Waals surface area contributed by atoms with Crippen molar-refractivity contribution in [2.45, 2.75) is 103 Å². The fraction of sp³-hybridized carbons (Fsp3) is 0.793. The fourth-order valence-corrected chi connectivity index (χ4v) is 6.76. The Morgan fingerprint density at radius 2 is 1.95 bits per heavy atom. The molecule has 9 heteroatoms.